The summed E-state index contributed by atoms with van der Waals surface area (Å²) in [6.45, 7) is 5.88. The average Bonchev–Trinajstić information content (AvgIpc) is 3.31. The number of rotatable bonds is 9. The number of aryl methyl sites for hydroxylation is 1. The molecule has 0 bridgehead atoms. The molecule has 2 aromatic carbocycles. The van der Waals surface area contributed by atoms with Gasteiger partial charge < -0.3 is 15.0 Å². The molecule has 7 nitrogen and oxygen atoms in total. The van der Waals surface area contributed by atoms with Gasteiger partial charge in [-0.25, -0.2) is 4.98 Å². The molecule has 2 heterocycles. The van der Waals surface area contributed by atoms with Crippen molar-refractivity contribution in [2.45, 2.75) is 20.1 Å². The normalized spacial score (nSPS) is 14.3. The first kappa shape index (κ1) is 24.6. The third kappa shape index (κ3) is 7.77. The van der Waals surface area contributed by atoms with Crippen molar-refractivity contribution in [3.63, 3.8) is 0 Å². The van der Waals surface area contributed by atoms with Gasteiger partial charge in [0.25, 0.3) is 0 Å². The Morgan fingerprint density at radius 2 is 1.80 bits per heavy atom. The summed E-state index contributed by atoms with van der Waals surface area (Å²) in [4.78, 5) is 33.1. The Morgan fingerprint density at radius 1 is 1.06 bits per heavy atom. The summed E-state index contributed by atoms with van der Waals surface area (Å²) in [5, 5.41) is 5.98. The number of amides is 2. The first-order chi connectivity index (χ1) is 17.0. The number of carbonyl (C=O) groups excluding carboxylic acids is 2. The highest BCUT2D eigenvalue weighted by atomic mass is 32.1. The van der Waals surface area contributed by atoms with Gasteiger partial charge in [0, 0.05) is 44.2 Å². The molecule has 3 aromatic rings. The van der Waals surface area contributed by atoms with E-state index in [4.69, 9.17) is 4.74 Å². The van der Waals surface area contributed by atoms with E-state index in [9.17, 15) is 9.59 Å². The lowest BCUT2D eigenvalue weighted by molar-refractivity contribution is -0.128. The summed E-state index contributed by atoms with van der Waals surface area (Å²) in [6.07, 6.45) is 3.43. The van der Waals surface area contributed by atoms with Crippen molar-refractivity contribution in [3.8, 4) is 5.75 Å². The predicted octanol–water partition coefficient (Wildman–Crippen LogP) is 3.50. The van der Waals surface area contributed by atoms with Crippen LogP contribution in [0.2, 0.25) is 0 Å². The van der Waals surface area contributed by atoms with Crippen LogP contribution in [-0.2, 0) is 22.7 Å². The maximum atomic E-state index is 12.6. The van der Waals surface area contributed by atoms with Crippen LogP contribution in [-0.4, -0.2) is 59.3 Å². The minimum absolute atomic E-state index is 0.00245. The summed E-state index contributed by atoms with van der Waals surface area (Å²) >= 11 is 1.61. The Bertz CT molecular complexity index is 1140. The second kappa shape index (κ2) is 12.3. The summed E-state index contributed by atoms with van der Waals surface area (Å²) < 4.78 is 5.77. The summed E-state index contributed by atoms with van der Waals surface area (Å²) in [5.74, 6) is 0.753. The molecule has 1 aromatic heterocycles. The first-order valence-corrected chi connectivity index (χ1v) is 12.6. The average molecular weight is 491 g/mol. The number of carbonyl (C=O) groups is 2. The minimum atomic E-state index is -0.0163. The lowest BCUT2D eigenvalue weighted by atomic mass is 10.2. The molecule has 1 aliphatic heterocycles. The fraction of sp³-hybridized carbons (Fsp3) is 0.296. The van der Waals surface area contributed by atoms with Crippen molar-refractivity contribution in [2.75, 3.05) is 32.7 Å². The Hall–Kier alpha value is -3.49. The summed E-state index contributed by atoms with van der Waals surface area (Å²) in [6, 6.07) is 17.5. The van der Waals surface area contributed by atoms with E-state index in [1.807, 2.05) is 77.9 Å². The molecule has 0 unspecified atom stereocenters. The van der Waals surface area contributed by atoms with E-state index in [-0.39, 0.29) is 11.8 Å². The van der Waals surface area contributed by atoms with E-state index in [1.165, 1.54) is 0 Å². The molecule has 0 aliphatic carbocycles. The predicted molar refractivity (Wildman–Crippen MR) is 138 cm³/mol. The third-order valence-corrected chi connectivity index (χ3v) is 6.56. The smallest absolute Gasteiger partial charge is 0.246 e. The minimum Gasteiger partial charge on any atom is -0.487 e. The third-order valence-electron chi connectivity index (χ3n) is 5.74. The van der Waals surface area contributed by atoms with Crippen molar-refractivity contribution in [3.05, 3.63) is 87.9 Å². The standard InChI is InChI=1S/C27H30N4O3S/c1-21-29-24(20-35-21)19-34-25-10-7-22(8-11-25)9-12-27(33)31-15-13-30(14-16-31)18-26(32)28-17-23-5-3-2-4-6-23/h2-12,20H,13-19H2,1H3,(H,28,32)/b12-9+. The molecule has 1 aliphatic rings. The zero-order valence-electron chi connectivity index (χ0n) is 19.9. The molecular formula is C27H30N4O3S. The number of nitrogens with one attached hydrogen (secondary N) is 1. The molecule has 35 heavy (non-hydrogen) atoms. The van der Waals surface area contributed by atoms with Crippen molar-refractivity contribution < 1.29 is 14.3 Å². The van der Waals surface area contributed by atoms with Crippen molar-refractivity contribution >= 4 is 29.2 Å². The largest absolute Gasteiger partial charge is 0.487 e. The number of piperazine rings is 1. The molecule has 4 rings (SSSR count). The number of thiazole rings is 1. The fourth-order valence-electron chi connectivity index (χ4n) is 3.76. The van der Waals surface area contributed by atoms with Crippen LogP contribution in [0.15, 0.2) is 66.1 Å². The van der Waals surface area contributed by atoms with Gasteiger partial charge in [0.2, 0.25) is 11.8 Å². The van der Waals surface area contributed by atoms with Gasteiger partial charge in [-0.05, 0) is 36.3 Å². The number of hydrogen-bond acceptors (Lipinski definition) is 6. The van der Waals surface area contributed by atoms with Crippen LogP contribution >= 0.6 is 11.3 Å². The molecule has 8 heteroatoms. The van der Waals surface area contributed by atoms with Crippen molar-refractivity contribution in [2.24, 2.45) is 0 Å². The van der Waals surface area contributed by atoms with E-state index in [0.717, 1.165) is 27.6 Å². The highest BCUT2D eigenvalue weighted by Crippen LogP contribution is 2.16. The van der Waals surface area contributed by atoms with Gasteiger partial charge in [0.1, 0.15) is 12.4 Å². The van der Waals surface area contributed by atoms with Gasteiger partial charge in [-0.2, -0.15) is 0 Å². The Morgan fingerprint density at radius 3 is 2.49 bits per heavy atom. The van der Waals surface area contributed by atoms with E-state index >= 15 is 0 Å². The SMILES string of the molecule is Cc1nc(COc2ccc(/C=C/C(=O)N3CCN(CC(=O)NCc4ccccc4)CC3)cc2)cs1. The number of nitrogens with zero attached hydrogens (tertiary/aromatic N) is 3. The molecule has 0 saturated carbocycles. The van der Waals surface area contributed by atoms with Gasteiger partial charge in [-0.1, -0.05) is 42.5 Å². The second-order valence-corrected chi connectivity index (χ2v) is 9.47. The fourth-order valence-corrected chi connectivity index (χ4v) is 4.36. The Labute approximate surface area is 210 Å². The number of benzene rings is 2. The van der Waals surface area contributed by atoms with E-state index in [0.29, 0.717) is 45.9 Å². The van der Waals surface area contributed by atoms with Gasteiger partial charge in [-0.3, -0.25) is 14.5 Å². The number of aromatic nitrogens is 1. The molecule has 0 radical (unpaired) electrons. The van der Waals surface area contributed by atoms with Crippen LogP contribution in [0, 0.1) is 6.92 Å². The molecule has 0 spiro atoms. The van der Waals surface area contributed by atoms with E-state index in [1.54, 1.807) is 17.4 Å². The highest BCUT2D eigenvalue weighted by molar-refractivity contribution is 7.09. The molecule has 1 N–H and O–H groups in total. The molecule has 182 valence electrons. The monoisotopic (exact) mass is 490 g/mol. The molecule has 2 amide bonds. The molecule has 1 fully saturated rings. The van der Waals surface area contributed by atoms with Crippen molar-refractivity contribution in [1.82, 2.24) is 20.1 Å². The van der Waals surface area contributed by atoms with E-state index in [2.05, 4.69) is 15.2 Å². The van der Waals surface area contributed by atoms with Crippen LogP contribution in [0.3, 0.4) is 0 Å². The van der Waals surface area contributed by atoms with Gasteiger partial charge in [0.05, 0.1) is 17.2 Å². The Kier molecular flexibility index (Phi) is 8.64. The van der Waals surface area contributed by atoms with Gasteiger partial charge in [-0.15, -0.1) is 11.3 Å². The van der Waals surface area contributed by atoms with Crippen LogP contribution < -0.4 is 10.1 Å². The van der Waals surface area contributed by atoms with Gasteiger partial charge in [0.15, 0.2) is 0 Å². The zero-order valence-corrected chi connectivity index (χ0v) is 20.7. The van der Waals surface area contributed by atoms with Crippen LogP contribution in [0.1, 0.15) is 21.8 Å². The molecule has 0 atom stereocenters. The number of ether oxygens (including phenoxy) is 1. The molecular weight excluding hydrogens is 460 g/mol. The van der Waals surface area contributed by atoms with Crippen LogP contribution in [0.25, 0.3) is 6.08 Å². The lowest BCUT2D eigenvalue weighted by Crippen LogP contribution is -2.50. The summed E-state index contributed by atoms with van der Waals surface area (Å²) in [5.41, 5.74) is 2.94. The second-order valence-electron chi connectivity index (χ2n) is 8.41. The summed E-state index contributed by atoms with van der Waals surface area (Å²) in [7, 11) is 0. The molecule has 1 saturated heterocycles. The Balaban J connectivity index is 1.16. The number of hydrogen-bond donors (Lipinski definition) is 1. The highest BCUT2D eigenvalue weighted by Gasteiger charge is 2.21. The first-order valence-electron chi connectivity index (χ1n) is 11.7. The zero-order chi connectivity index (χ0) is 24.5. The topological polar surface area (TPSA) is 74.8 Å². The maximum absolute atomic E-state index is 12.6. The van der Waals surface area contributed by atoms with Crippen LogP contribution in [0.4, 0.5) is 0 Å². The lowest BCUT2D eigenvalue weighted by Gasteiger charge is -2.33. The van der Waals surface area contributed by atoms with Crippen LogP contribution in [0.5, 0.6) is 5.75 Å². The van der Waals surface area contributed by atoms with E-state index < -0.39 is 0 Å². The quantitative estimate of drug-likeness (QED) is 0.465. The van der Waals surface area contributed by atoms with Crippen molar-refractivity contribution in [1.29, 1.82) is 0 Å². The maximum Gasteiger partial charge on any atom is 0.246 e. The van der Waals surface area contributed by atoms with Gasteiger partial charge >= 0.3 is 0 Å².